The molecule has 112 valence electrons. The van der Waals surface area contributed by atoms with Crippen LogP contribution in [-0.4, -0.2) is 4.57 Å². The van der Waals surface area contributed by atoms with Gasteiger partial charge in [-0.25, -0.2) is 0 Å². The van der Waals surface area contributed by atoms with E-state index in [-0.39, 0.29) is 11.6 Å². The van der Waals surface area contributed by atoms with Gasteiger partial charge in [-0.05, 0) is 43.0 Å². The highest BCUT2D eigenvalue weighted by Gasteiger charge is 2.15. The SMILES string of the molecule is CCn1c(C)ccc(C(N)c2ccc(C(C)C)cc2)c1=O. The van der Waals surface area contributed by atoms with Crippen molar-refractivity contribution in [2.75, 3.05) is 0 Å². The first kappa shape index (κ1) is 15.5. The van der Waals surface area contributed by atoms with Crippen LogP contribution in [0.2, 0.25) is 0 Å². The van der Waals surface area contributed by atoms with E-state index in [2.05, 4.69) is 26.0 Å². The molecule has 1 unspecified atom stereocenters. The summed E-state index contributed by atoms with van der Waals surface area (Å²) in [5.74, 6) is 0.493. The van der Waals surface area contributed by atoms with Crippen LogP contribution in [0.4, 0.5) is 0 Å². The van der Waals surface area contributed by atoms with Crippen LogP contribution in [-0.2, 0) is 6.54 Å². The third-order valence-corrected chi connectivity index (χ3v) is 4.04. The number of nitrogens with zero attached hydrogens (tertiary/aromatic N) is 1. The summed E-state index contributed by atoms with van der Waals surface area (Å²) < 4.78 is 1.76. The lowest BCUT2D eigenvalue weighted by atomic mass is 9.96. The fourth-order valence-corrected chi connectivity index (χ4v) is 2.59. The van der Waals surface area contributed by atoms with Crippen LogP contribution in [0.15, 0.2) is 41.2 Å². The molecule has 1 atom stereocenters. The van der Waals surface area contributed by atoms with Crippen molar-refractivity contribution in [1.82, 2.24) is 4.57 Å². The van der Waals surface area contributed by atoms with Gasteiger partial charge in [-0.15, -0.1) is 0 Å². The molecule has 1 aromatic carbocycles. The zero-order chi connectivity index (χ0) is 15.6. The normalized spacial score (nSPS) is 12.7. The third kappa shape index (κ3) is 3.08. The Balaban J connectivity index is 2.40. The minimum absolute atomic E-state index is 0.0120. The van der Waals surface area contributed by atoms with E-state index in [4.69, 9.17) is 5.73 Å². The average Bonchev–Trinajstić information content (AvgIpc) is 2.47. The predicted molar refractivity (Wildman–Crippen MR) is 87.7 cm³/mol. The number of rotatable bonds is 4. The molecule has 0 radical (unpaired) electrons. The fourth-order valence-electron chi connectivity index (χ4n) is 2.59. The molecule has 0 aliphatic heterocycles. The van der Waals surface area contributed by atoms with E-state index >= 15 is 0 Å². The Labute approximate surface area is 126 Å². The molecule has 0 aliphatic rings. The van der Waals surface area contributed by atoms with E-state index in [9.17, 15) is 4.79 Å². The quantitative estimate of drug-likeness (QED) is 0.936. The molecule has 2 aromatic rings. The van der Waals surface area contributed by atoms with E-state index in [1.54, 1.807) is 4.57 Å². The lowest BCUT2D eigenvalue weighted by Gasteiger charge is -2.16. The highest BCUT2D eigenvalue weighted by molar-refractivity contribution is 5.33. The van der Waals surface area contributed by atoms with Crippen LogP contribution in [0.3, 0.4) is 0 Å². The summed E-state index contributed by atoms with van der Waals surface area (Å²) in [4.78, 5) is 12.5. The number of aryl methyl sites for hydroxylation is 1. The van der Waals surface area contributed by atoms with Crippen molar-refractivity contribution in [2.24, 2.45) is 5.73 Å². The molecular weight excluding hydrogens is 260 g/mol. The molecule has 0 fully saturated rings. The molecule has 3 nitrogen and oxygen atoms in total. The maximum Gasteiger partial charge on any atom is 0.255 e. The number of benzene rings is 1. The van der Waals surface area contributed by atoms with Crippen molar-refractivity contribution in [1.29, 1.82) is 0 Å². The Bertz CT molecular complexity index is 669. The molecule has 1 heterocycles. The number of nitrogens with two attached hydrogens (primary N) is 1. The summed E-state index contributed by atoms with van der Waals surface area (Å²) >= 11 is 0. The summed E-state index contributed by atoms with van der Waals surface area (Å²) in [5, 5.41) is 0. The Morgan fingerprint density at radius 1 is 1.05 bits per heavy atom. The summed E-state index contributed by atoms with van der Waals surface area (Å²) in [5.41, 5.74) is 10.2. The van der Waals surface area contributed by atoms with Gasteiger partial charge in [-0.2, -0.15) is 0 Å². The van der Waals surface area contributed by atoms with Gasteiger partial charge in [0.1, 0.15) is 0 Å². The summed E-state index contributed by atoms with van der Waals surface area (Å²) in [6, 6.07) is 11.7. The molecule has 2 N–H and O–H groups in total. The lowest BCUT2D eigenvalue weighted by Crippen LogP contribution is -2.29. The molecule has 0 saturated heterocycles. The molecule has 2 rings (SSSR count). The van der Waals surface area contributed by atoms with Crippen LogP contribution in [0.1, 0.15) is 55.1 Å². The lowest BCUT2D eigenvalue weighted by molar-refractivity contribution is 0.678. The molecule has 0 saturated carbocycles. The van der Waals surface area contributed by atoms with Crippen LogP contribution >= 0.6 is 0 Å². The van der Waals surface area contributed by atoms with Gasteiger partial charge in [0.15, 0.2) is 0 Å². The minimum Gasteiger partial charge on any atom is -0.320 e. The van der Waals surface area contributed by atoms with Crippen LogP contribution in [0.5, 0.6) is 0 Å². The fraction of sp³-hybridized carbons (Fsp3) is 0.389. The number of hydrogen-bond donors (Lipinski definition) is 1. The van der Waals surface area contributed by atoms with Crippen LogP contribution in [0.25, 0.3) is 0 Å². The van der Waals surface area contributed by atoms with Gasteiger partial charge in [-0.1, -0.05) is 38.1 Å². The van der Waals surface area contributed by atoms with Crippen molar-refractivity contribution in [3.05, 3.63) is 69.1 Å². The van der Waals surface area contributed by atoms with Gasteiger partial charge in [0.25, 0.3) is 5.56 Å². The molecule has 0 amide bonds. The predicted octanol–water partition coefficient (Wildman–Crippen LogP) is 3.35. The first-order valence-electron chi connectivity index (χ1n) is 7.51. The van der Waals surface area contributed by atoms with E-state index < -0.39 is 0 Å². The maximum atomic E-state index is 12.5. The summed E-state index contributed by atoms with van der Waals surface area (Å²) in [7, 11) is 0. The standard InChI is InChI=1S/C18H24N2O/c1-5-20-13(4)6-11-16(18(20)21)17(19)15-9-7-14(8-10-15)12(2)3/h6-12,17H,5,19H2,1-4H3. The Morgan fingerprint density at radius 2 is 1.62 bits per heavy atom. The third-order valence-electron chi connectivity index (χ3n) is 4.04. The number of pyridine rings is 1. The maximum absolute atomic E-state index is 12.5. The zero-order valence-electron chi connectivity index (χ0n) is 13.3. The highest BCUT2D eigenvalue weighted by Crippen LogP contribution is 2.21. The van der Waals surface area contributed by atoms with E-state index in [1.807, 2.05) is 38.1 Å². The van der Waals surface area contributed by atoms with Crippen LogP contribution < -0.4 is 11.3 Å². The smallest absolute Gasteiger partial charge is 0.255 e. The van der Waals surface area contributed by atoms with Crippen molar-refractivity contribution < 1.29 is 0 Å². The second-order valence-corrected chi connectivity index (χ2v) is 5.78. The van der Waals surface area contributed by atoms with Crippen LogP contribution in [0, 0.1) is 6.92 Å². The Kier molecular flexibility index (Phi) is 4.63. The summed E-state index contributed by atoms with van der Waals surface area (Å²) in [6.45, 7) is 8.90. The van der Waals surface area contributed by atoms with Crippen molar-refractivity contribution in [3.8, 4) is 0 Å². The van der Waals surface area contributed by atoms with Gasteiger partial charge in [-0.3, -0.25) is 4.79 Å². The van der Waals surface area contributed by atoms with E-state index in [0.717, 1.165) is 11.3 Å². The summed E-state index contributed by atoms with van der Waals surface area (Å²) in [6.07, 6.45) is 0. The molecule has 0 aliphatic carbocycles. The molecular formula is C18H24N2O. The van der Waals surface area contributed by atoms with Gasteiger partial charge in [0.05, 0.1) is 6.04 Å². The Hall–Kier alpha value is -1.87. The van der Waals surface area contributed by atoms with Crippen molar-refractivity contribution >= 4 is 0 Å². The minimum atomic E-state index is -0.378. The molecule has 3 heteroatoms. The van der Waals surface area contributed by atoms with Gasteiger partial charge < -0.3 is 10.3 Å². The number of aromatic nitrogens is 1. The van der Waals surface area contributed by atoms with E-state index in [1.165, 1.54) is 5.56 Å². The second-order valence-electron chi connectivity index (χ2n) is 5.78. The zero-order valence-corrected chi connectivity index (χ0v) is 13.3. The van der Waals surface area contributed by atoms with Gasteiger partial charge in [0, 0.05) is 17.8 Å². The first-order chi connectivity index (χ1) is 9.95. The number of hydrogen-bond acceptors (Lipinski definition) is 2. The van der Waals surface area contributed by atoms with E-state index in [0.29, 0.717) is 18.0 Å². The van der Waals surface area contributed by atoms with Crippen molar-refractivity contribution in [3.63, 3.8) is 0 Å². The topological polar surface area (TPSA) is 48.0 Å². The van der Waals surface area contributed by atoms with Crippen molar-refractivity contribution in [2.45, 2.75) is 46.2 Å². The molecule has 0 spiro atoms. The molecule has 21 heavy (non-hydrogen) atoms. The average molecular weight is 284 g/mol. The van der Waals surface area contributed by atoms with Gasteiger partial charge in [0.2, 0.25) is 0 Å². The highest BCUT2D eigenvalue weighted by atomic mass is 16.1. The second kappa shape index (κ2) is 6.27. The molecule has 0 bridgehead atoms. The first-order valence-corrected chi connectivity index (χ1v) is 7.51. The Morgan fingerprint density at radius 3 is 2.14 bits per heavy atom. The molecule has 1 aromatic heterocycles. The largest absolute Gasteiger partial charge is 0.320 e. The monoisotopic (exact) mass is 284 g/mol. The van der Waals surface area contributed by atoms with Gasteiger partial charge >= 0.3 is 0 Å².